The Kier molecular flexibility index (Phi) is 1.93. The summed E-state index contributed by atoms with van der Waals surface area (Å²) in [5.41, 5.74) is 2.45. The average Bonchev–Trinajstić information content (AvgIpc) is 2.85. The second-order valence-corrected chi connectivity index (χ2v) is 3.75. The van der Waals surface area contributed by atoms with E-state index in [4.69, 9.17) is 11.6 Å². The van der Waals surface area contributed by atoms with Gasteiger partial charge in [0.1, 0.15) is 0 Å². The van der Waals surface area contributed by atoms with Gasteiger partial charge in [0.25, 0.3) is 0 Å². The van der Waals surface area contributed by atoms with Crippen LogP contribution in [-0.2, 0) is 0 Å². The van der Waals surface area contributed by atoms with Crippen LogP contribution in [0.3, 0.4) is 0 Å². The molecular weight excluding hydrogens is 168 g/mol. The largest absolute Gasteiger partial charge is 0.0950 e. The van der Waals surface area contributed by atoms with Crippen LogP contribution in [0.15, 0.2) is 30.8 Å². The Hall–Kier alpha value is -0.750. The Balaban J connectivity index is 2.26. The molecule has 0 N–H and O–H groups in total. The molecule has 0 aliphatic heterocycles. The fourth-order valence-electron chi connectivity index (χ4n) is 1.36. The van der Waals surface area contributed by atoms with E-state index in [-0.39, 0.29) is 0 Å². The Morgan fingerprint density at radius 2 is 2.17 bits per heavy atom. The molecule has 0 saturated heterocycles. The fraction of sp³-hybridized carbons (Fsp3) is 0.273. The fourth-order valence-corrected chi connectivity index (χ4v) is 1.55. The lowest BCUT2D eigenvalue weighted by molar-refractivity contribution is 1.15. The number of benzene rings is 1. The van der Waals surface area contributed by atoms with Gasteiger partial charge in [-0.05, 0) is 42.0 Å². The van der Waals surface area contributed by atoms with Crippen molar-refractivity contribution in [3.63, 3.8) is 0 Å². The van der Waals surface area contributed by atoms with E-state index >= 15 is 0 Å². The van der Waals surface area contributed by atoms with Gasteiger partial charge in [0.15, 0.2) is 0 Å². The van der Waals surface area contributed by atoms with Gasteiger partial charge in [-0.25, -0.2) is 0 Å². The minimum Gasteiger partial charge on any atom is -0.0950 e. The van der Waals surface area contributed by atoms with Crippen LogP contribution in [0.2, 0.25) is 5.02 Å². The van der Waals surface area contributed by atoms with E-state index in [1.807, 2.05) is 18.2 Å². The van der Waals surface area contributed by atoms with Gasteiger partial charge in [-0.1, -0.05) is 30.3 Å². The van der Waals surface area contributed by atoms with Crippen LogP contribution in [0.25, 0.3) is 5.57 Å². The Morgan fingerprint density at radius 1 is 1.42 bits per heavy atom. The molecule has 1 aliphatic rings. The lowest BCUT2D eigenvalue weighted by Crippen LogP contribution is -1.83. The standard InChI is InChI=1S/C11H11Cl/c1-8(9-5-6-9)10-3-2-4-11(12)7-10/h2-4,7,9H,1,5-6H2. The molecule has 0 radical (unpaired) electrons. The van der Waals surface area contributed by atoms with E-state index in [2.05, 4.69) is 12.6 Å². The highest BCUT2D eigenvalue weighted by Crippen LogP contribution is 2.40. The Morgan fingerprint density at radius 3 is 2.75 bits per heavy atom. The van der Waals surface area contributed by atoms with E-state index in [0.29, 0.717) is 0 Å². The summed E-state index contributed by atoms with van der Waals surface area (Å²) < 4.78 is 0. The normalized spacial score (nSPS) is 16.1. The minimum absolute atomic E-state index is 0.725. The summed E-state index contributed by atoms with van der Waals surface area (Å²) in [6.07, 6.45) is 2.59. The predicted molar refractivity (Wildman–Crippen MR) is 53.2 cm³/mol. The maximum Gasteiger partial charge on any atom is 0.0412 e. The number of hydrogen-bond donors (Lipinski definition) is 0. The van der Waals surface area contributed by atoms with Crippen molar-refractivity contribution in [2.45, 2.75) is 12.8 Å². The second kappa shape index (κ2) is 2.95. The van der Waals surface area contributed by atoms with Crippen LogP contribution in [0.4, 0.5) is 0 Å². The third-order valence-electron chi connectivity index (χ3n) is 2.27. The van der Waals surface area contributed by atoms with Gasteiger partial charge in [-0.3, -0.25) is 0 Å². The van der Waals surface area contributed by atoms with E-state index in [9.17, 15) is 0 Å². The van der Waals surface area contributed by atoms with Crippen LogP contribution < -0.4 is 0 Å². The molecule has 1 heteroatoms. The van der Waals surface area contributed by atoms with E-state index < -0.39 is 0 Å². The minimum atomic E-state index is 0.725. The maximum absolute atomic E-state index is 5.87. The average molecular weight is 179 g/mol. The van der Waals surface area contributed by atoms with Crippen molar-refractivity contribution in [1.82, 2.24) is 0 Å². The highest BCUT2D eigenvalue weighted by molar-refractivity contribution is 6.30. The summed E-state index contributed by atoms with van der Waals surface area (Å²) in [4.78, 5) is 0. The zero-order valence-electron chi connectivity index (χ0n) is 6.89. The second-order valence-electron chi connectivity index (χ2n) is 3.31. The van der Waals surface area contributed by atoms with Crippen LogP contribution in [-0.4, -0.2) is 0 Å². The molecule has 0 spiro atoms. The zero-order valence-corrected chi connectivity index (χ0v) is 7.64. The van der Waals surface area contributed by atoms with Gasteiger partial charge in [-0.2, -0.15) is 0 Å². The third-order valence-corrected chi connectivity index (χ3v) is 2.50. The third kappa shape index (κ3) is 1.54. The molecule has 1 aromatic carbocycles. The predicted octanol–water partition coefficient (Wildman–Crippen LogP) is 3.76. The summed E-state index contributed by atoms with van der Waals surface area (Å²) in [6, 6.07) is 7.94. The summed E-state index contributed by atoms with van der Waals surface area (Å²) in [6.45, 7) is 4.07. The van der Waals surface area contributed by atoms with Gasteiger partial charge in [0, 0.05) is 5.02 Å². The molecule has 62 valence electrons. The topological polar surface area (TPSA) is 0 Å². The summed E-state index contributed by atoms with van der Waals surface area (Å²) in [5.74, 6) is 0.725. The lowest BCUT2D eigenvalue weighted by atomic mass is 10.0. The van der Waals surface area contributed by atoms with Crippen LogP contribution in [0.1, 0.15) is 18.4 Å². The molecule has 1 aliphatic carbocycles. The van der Waals surface area contributed by atoms with Crippen molar-refractivity contribution in [1.29, 1.82) is 0 Å². The number of halogens is 1. The zero-order chi connectivity index (χ0) is 8.55. The first-order valence-corrected chi connectivity index (χ1v) is 4.60. The molecule has 0 amide bonds. The monoisotopic (exact) mass is 178 g/mol. The first-order chi connectivity index (χ1) is 5.77. The van der Waals surface area contributed by atoms with Crippen molar-refractivity contribution in [3.8, 4) is 0 Å². The first kappa shape index (κ1) is 7.88. The number of allylic oxidation sites excluding steroid dienone is 1. The lowest BCUT2D eigenvalue weighted by Gasteiger charge is -2.03. The van der Waals surface area contributed by atoms with Gasteiger partial charge >= 0.3 is 0 Å². The maximum atomic E-state index is 5.87. The van der Waals surface area contributed by atoms with Crippen LogP contribution >= 0.6 is 11.6 Å². The van der Waals surface area contributed by atoms with Crippen molar-refractivity contribution < 1.29 is 0 Å². The van der Waals surface area contributed by atoms with Crippen molar-refractivity contribution in [2.75, 3.05) is 0 Å². The van der Waals surface area contributed by atoms with Crippen LogP contribution in [0, 0.1) is 5.92 Å². The molecule has 0 atom stereocenters. The quantitative estimate of drug-likeness (QED) is 0.647. The molecule has 1 fully saturated rings. The van der Waals surface area contributed by atoms with Gasteiger partial charge < -0.3 is 0 Å². The van der Waals surface area contributed by atoms with Crippen molar-refractivity contribution >= 4 is 17.2 Å². The van der Waals surface area contributed by atoms with Gasteiger partial charge in [0.2, 0.25) is 0 Å². The van der Waals surface area contributed by atoms with E-state index in [1.165, 1.54) is 24.0 Å². The number of rotatable bonds is 2. The number of hydrogen-bond acceptors (Lipinski definition) is 0. The van der Waals surface area contributed by atoms with Crippen molar-refractivity contribution in [3.05, 3.63) is 41.4 Å². The SMILES string of the molecule is C=C(c1cccc(Cl)c1)C1CC1. The molecule has 0 unspecified atom stereocenters. The smallest absolute Gasteiger partial charge is 0.0412 e. The van der Waals surface area contributed by atoms with Gasteiger partial charge in [0.05, 0.1) is 0 Å². The molecular formula is C11H11Cl. The summed E-state index contributed by atoms with van der Waals surface area (Å²) in [5, 5.41) is 0.800. The molecule has 0 aromatic heterocycles. The first-order valence-electron chi connectivity index (χ1n) is 4.22. The van der Waals surface area contributed by atoms with Gasteiger partial charge in [-0.15, -0.1) is 0 Å². The summed E-state index contributed by atoms with van der Waals surface area (Å²) in [7, 11) is 0. The highest BCUT2D eigenvalue weighted by atomic mass is 35.5. The molecule has 0 nitrogen and oxygen atoms in total. The molecule has 12 heavy (non-hydrogen) atoms. The highest BCUT2D eigenvalue weighted by Gasteiger charge is 2.25. The molecule has 0 bridgehead atoms. The Labute approximate surface area is 77.9 Å². The summed E-state index contributed by atoms with van der Waals surface area (Å²) >= 11 is 5.87. The molecule has 1 saturated carbocycles. The molecule has 2 rings (SSSR count). The van der Waals surface area contributed by atoms with Crippen LogP contribution in [0.5, 0.6) is 0 Å². The van der Waals surface area contributed by atoms with E-state index in [0.717, 1.165) is 10.9 Å². The molecule has 0 heterocycles. The molecule has 1 aromatic rings. The Bertz CT molecular complexity index is 311. The van der Waals surface area contributed by atoms with E-state index in [1.54, 1.807) is 0 Å². The van der Waals surface area contributed by atoms with Crippen molar-refractivity contribution in [2.24, 2.45) is 5.92 Å².